The molecule has 2 aliphatic heterocycles. The van der Waals surface area contributed by atoms with Crippen molar-refractivity contribution in [2.75, 3.05) is 39.1 Å². The van der Waals surface area contributed by atoms with Crippen LogP contribution < -0.4 is 4.74 Å². The molecule has 4 heterocycles. The van der Waals surface area contributed by atoms with E-state index in [-0.39, 0.29) is 30.4 Å². The first-order chi connectivity index (χ1) is 16.1. The second-order valence-corrected chi connectivity index (χ2v) is 13.0. The van der Waals surface area contributed by atoms with Crippen molar-refractivity contribution in [1.29, 1.82) is 0 Å². The lowest BCUT2D eigenvalue weighted by Crippen LogP contribution is -2.68. The molecule has 0 aliphatic carbocycles. The predicted octanol–water partition coefficient (Wildman–Crippen LogP) is 0.551. The number of aryl methyl sites for hydroxylation is 1. The molecule has 0 amide bonds. The van der Waals surface area contributed by atoms with Gasteiger partial charge in [0.15, 0.2) is 5.03 Å². The Morgan fingerprint density at radius 1 is 1.24 bits per heavy atom. The number of imidazole rings is 1. The standard InChI is InChI=1S/C21H27N5O6S2/c1-4-33(28,29)25-10-21(11-25)12-26(34(30,31)18-8-24(2)13-22-18)17(9-27)20-19(21)15-6-5-14(32-3)7-16(15)23-20/h5-8,13,17,23,27H,4,9-12H2,1-3H3/t17-/m0/s1. The molecule has 1 saturated heterocycles. The van der Waals surface area contributed by atoms with Crippen molar-refractivity contribution in [1.82, 2.24) is 23.1 Å². The van der Waals surface area contributed by atoms with Crippen molar-refractivity contribution < 1.29 is 26.7 Å². The van der Waals surface area contributed by atoms with Gasteiger partial charge in [0.05, 0.1) is 31.8 Å². The van der Waals surface area contributed by atoms with Crippen LogP contribution in [0.3, 0.4) is 0 Å². The summed E-state index contributed by atoms with van der Waals surface area (Å²) in [5, 5.41) is 11.1. The third kappa shape index (κ3) is 3.29. The molecule has 2 aliphatic rings. The van der Waals surface area contributed by atoms with E-state index in [2.05, 4.69) is 9.97 Å². The number of nitrogens with zero attached hydrogens (tertiary/aromatic N) is 4. The summed E-state index contributed by atoms with van der Waals surface area (Å²) in [5.41, 5.74) is 1.37. The number of nitrogens with one attached hydrogen (secondary N) is 1. The van der Waals surface area contributed by atoms with Gasteiger partial charge in [-0.25, -0.2) is 21.8 Å². The third-order valence-electron chi connectivity index (χ3n) is 6.85. The molecule has 2 aromatic heterocycles. The number of benzene rings is 1. The number of aromatic amines is 1. The SMILES string of the molecule is CCS(=O)(=O)N1CC2(C1)CN(S(=O)(=O)c1cn(C)cn1)[C@@H](CO)c1[nH]c3cc(OC)ccc3c12. The van der Waals surface area contributed by atoms with Gasteiger partial charge in [-0.05, 0) is 24.6 Å². The Hall–Kier alpha value is -2.45. The summed E-state index contributed by atoms with van der Waals surface area (Å²) >= 11 is 0. The quantitative estimate of drug-likeness (QED) is 0.495. The monoisotopic (exact) mass is 509 g/mol. The Morgan fingerprint density at radius 2 is 1.97 bits per heavy atom. The summed E-state index contributed by atoms with van der Waals surface area (Å²) in [7, 11) is -4.28. The third-order valence-corrected chi connectivity index (χ3v) is 10.4. The molecule has 34 heavy (non-hydrogen) atoms. The zero-order valence-corrected chi connectivity index (χ0v) is 20.7. The minimum absolute atomic E-state index is 0.0266. The van der Waals surface area contributed by atoms with Crippen LogP contribution in [-0.4, -0.2) is 84.2 Å². The van der Waals surface area contributed by atoms with Crippen molar-refractivity contribution in [3.63, 3.8) is 0 Å². The number of H-pyrrole nitrogens is 1. The fraction of sp³-hybridized carbons (Fsp3) is 0.476. The Balaban J connectivity index is 1.70. The molecule has 1 fully saturated rings. The first-order valence-corrected chi connectivity index (χ1v) is 13.9. The van der Waals surface area contributed by atoms with E-state index in [0.29, 0.717) is 11.4 Å². The van der Waals surface area contributed by atoms with Gasteiger partial charge in [0, 0.05) is 61.0 Å². The van der Waals surface area contributed by atoms with Crippen LogP contribution >= 0.6 is 0 Å². The first kappa shape index (κ1) is 23.3. The summed E-state index contributed by atoms with van der Waals surface area (Å²) in [4.78, 5) is 7.33. The van der Waals surface area contributed by atoms with Gasteiger partial charge in [-0.2, -0.15) is 8.61 Å². The Labute approximate surface area is 198 Å². The summed E-state index contributed by atoms with van der Waals surface area (Å²) in [6.45, 7) is 1.47. The number of methoxy groups -OCH3 is 1. The Morgan fingerprint density at radius 3 is 2.56 bits per heavy atom. The molecule has 184 valence electrons. The van der Waals surface area contributed by atoms with Crippen LogP contribution in [0, 0.1) is 0 Å². The molecule has 0 unspecified atom stereocenters. The van der Waals surface area contributed by atoms with Gasteiger partial charge in [-0.1, -0.05) is 0 Å². The van der Waals surface area contributed by atoms with Crippen LogP contribution in [-0.2, 0) is 32.5 Å². The predicted molar refractivity (Wildman–Crippen MR) is 124 cm³/mol. The zero-order chi connectivity index (χ0) is 24.5. The molecule has 3 aromatic rings. The van der Waals surface area contributed by atoms with E-state index >= 15 is 0 Å². The number of sulfonamides is 2. The maximum Gasteiger partial charge on any atom is 0.262 e. The van der Waals surface area contributed by atoms with E-state index in [4.69, 9.17) is 4.74 Å². The van der Waals surface area contributed by atoms with E-state index in [1.165, 1.54) is 21.1 Å². The summed E-state index contributed by atoms with van der Waals surface area (Å²) in [5.74, 6) is 0.596. The lowest BCUT2D eigenvalue weighted by Gasteiger charge is -2.54. The van der Waals surface area contributed by atoms with Crippen LogP contribution in [0.25, 0.3) is 10.9 Å². The lowest BCUT2D eigenvalue weighted by molar-refractivity contribution is 0.0766. The molecule has 1 aromatic carbocycles. The van der Waals surface area contributed by atoms with Crippen molar-refractivity contribution in [3.05, 3.63) is 42.0 Å². The van der Waals surface area contributed by atoms with E-state index < -0.39 is 38.1 Å². The largest absolute Gasteiger partial charge is 0.497 e. The molecule has 11 nitrogen and oxygen atoms in total. The van der Waals surface area contributed by atoms with Crippen LogP contribution in [0.1, 0.15) is 24.2 Å². The lowest BCUT2D eigenvalue weighted by atomic mass is 9.70. The molecule has 0 radical (unpaired) electrons. The molecule has 1 atom stereocenters. The van der Waals surface area contributed by atoms with E-state index in [0.717, 1.165) is 16.5 Å². The van der Waals surface area contributed by atoms with Crippen LogP contribution in [0.4, 0.5) is 0 Å². The van der Waals surface area contributed by atoms with E-state index in [9.17, 15) is 21.9 Å². The number of rotatable bonds is 6. The van der Waals surface area contributed by atoms with Gasteiger partial charge >= 0.3 is 0 Å². The van der Waals surface area contributed by atoms with Crippen LogP contribution in [0.2, 0.25) is 0 Å². The minimum atomic E-state index is -4.07. The average molecular weight is 510 g/mol. The van der Waals surface area contributed by atoms with Crippen molar-refractivity contribution >= 4 is 30.9 Å². The number of aliphatic hydroxyl groups is 1. The second-order valence-electron chi connectivity index (χ2n) is 8.90. The zero-order valence-electron chi connectivity index (χ0n) is 19.1. The maximum absolute atomic E-state index is 13.6. The average Bonchev–Trinajstić information content (AvgIpc) is 3.40. The second kappa shape index (κ2) is 7.78. The summed E-state index contributed by atoms with van der Waals surface area (Å²) in [6.07, 6.45) is 2.82. The van der Waals surface area contributed by atoms with Gasteiger partial charge in [-0.3, -0.25) is 0 Å². The van der Waals surface area contributed by atoms with Crippen LogP contribution in [0.5, 0.6) is 5.75 Å². The number of ether oxygens (including phenoxy) is 1. The van der Waals surface area contributed by atoms with Gasteiger partial charge < -0.3 is 19.4 Å². The maximum atomic E-state index is 13.6. The minimum Gasteiger partial charge on any atom is -0.497 e. The highest BCUT2D eigenvalue weighted by atomic mass is 32.2. The molecular formula is C21H27N5O6S2. The normalized spacial score (nSPS) is 21.0. The first-order valence-electron chi connectivity index (χ1n) is 10.8. The highest BCUT2D eigenvalue weighted by molar-refractivity contribution is 7.89. The molecule has 0 saturated carbocycles. The molecule has 1 spiro atoms. The van der Waals surface area contributed by atoms with Gasteiger partial charge in [0.25, 0.3) is 10.0 Å². The molecule has 2 N–H and O–H groups in total. The molecule has 13 heteroatoms. The van der Waals surface area contributed by atoms with Crippen molar-refractivity contribution in [2.45, 2.75) is 23.4 Å². The van der Waals surface area contributed by atoms with Crippen LogP contribution in [0.15, 0.2) is 35.7 Å². The summed E-state index contributed by atoms with van der Waals surface area (Å²) < 4.78 is 61.9. The molecular weight excluding hydrogens is 482 g/mol. The highest BCUT2D eigenvalue weighted by Gasteiger charge is 2.57. The molecule has 0 bridgehead atoms. The fourth-order valence-corrected chi connectivity index (χ4v) is 8.02. The Bertz CT molecular complexity index is 1470. The van der Waals surface area contributed by atoms with E-state index in [1.807, 2.05) is 18.2 Å². The van der Waals surface area contributed by atoms with Gasteiger partial charge in [0.1, 0.15) is 5.75 Å². The van der Waals surface area contributed by atoms with Crippen molar-refractivity contribution in [3.8, 4) is 5.75 Å². The number of hydrogen-bond donors (Lipinski definition) is 2. The van der Waals surface area contributed by atoms with Gasteiger partial charge in [0.2, 0.25) is 10.0 Å². The van der Waals surface area contributed by atoms with Crippen molar-refractivity contribution in [2.24, 2.45) is 7.05 Å². The molecule has 5 rings (SSSR count). The van der Waals surface area contributed by atoms with Gasteiger partial charge in [-0.15, -0.1) is 0 Å². The topological polar surface area (TPSA) is 138 Å². The highest BCUT2D eigenvalue weighted by Crippen LogP contribution is 2.50. The number of aliphatic hydroxyl groups excluding tert-OH is 1. The number of hydrogen-bond acceptors (Lipinski definition) is 7. The number of fused-ring (bicyclic) bond motifs is 4. The van der Waals surface area contributed by atoms with E-state index in [1.54, 1.807) is 25.6 Å². The smallest absolute Gasteiger partial charge is 0.262 e. The Kier molecular flexibility index (Phi) is 5.33. The summed E-state index contributed by atoms with van der Waals surface area (Å²) in [6, 6.07) is 4.64. The number of aromatic nitrogens is 3. The fourth-order valence-electron chi connectivity index (χ4n) is 5.12.